The van der Waals surface area contributed by atoms with Crippen molar-refractivity contribution in [3.8, 4) is 0 Å². The first-order chi connectivity index (χ1) is 11.2. The number of rotatable bonds is 3. The van der Waals surface area contributed by atoms with E-state index in [1.54, 1.807) is 18.1 Å². The van der Waals surface area contributed by atoms with Gasteiger partial charge < -0.3 is 9.64 Å². The summed E-state index contributed by atoms with van der Waals surface area (Å²) >= 11 is 6.01. The monoisotopic (exact) mass is 332 g/mol. The maximum Gasteiger partial charge on any atom is 0.323 e. The molecule has 0 fully saturated rings. The van der Waals surface area contributed by atoms with Gasteiger partial charge in [-0.1, -0.05) is 17.7 Å². The molecule has 0 aliphatic carbocycles. The molecule has 0 saturated carbocycles. The second kappa shape index (κ2) is 6.93. The Morgan fingerprint density at radius 3 is 3.04 bits per heavy atom. The molecular formula is C16H17ClN4O2. The normalized spacial score (nSPS) is 13.6. The fourth-order valence-electron chi connectivity index (χ4n) is 2.58. The van der Waals surface area contributed by atoms with Crippen LogP contribution in [0.4, 0.5) is 10.6 Å². The Morgan fingerprint density at radius 1 is 1.35 bits per heavy atom. The van der Waals surface area contributed by atoms with Crippen LogP contribution in [0.1, 0.15) is 16.8 Å². The quantitative estimate of drug-likeness (QED) is 0.938. The molecule has 7 heteroatoms. The molecule has 0 unspecified atom stereocenters. The molecular weight excluding hydrogens is 316 g/mol. The van der Waals surface area contributed by atoms with E-state index in [2.05, 4.69) is 15.3 Å². The molecule has 0 radical (unpaired) electrons. The predicted molar refractivity (Wildman–Crippen MR) is 87.3 cm³/mol. The first kappa shape index (κ1) is 15.7. The molecule has 23 heavy (non-hydrogen) atoms. The summed E-state index contributed by atoms with van der Waals surface area (Å²) in [6.45, 7) is 1.59. The zero-order valence-corrected chi connectivity index (χ0v) is 13.5. The maximum atomic E-state index is 12.4. The third-order valence-corrected chi connectivity index (χ3v) is 3.95. The van der Waals surface area contributed by atoms with Crippen molar-refractivity contribution in [3.63, 3.8) is 0 Å². The molecule has 0 bridgehead atoms. The van der Waals surface area contributed by atoms with Crippen molar-refractivity contribution in [1.29, 1.82) is 0 Å². The molecule has 120 valence electrons. The largest absolute Gasteiger partial charge is 0.378 e. The van der Waals surface area contributed by atoms with E-state index < -0.39 is 0 Å². The van der Waals surface area contributed by atoms with Gasteiger partial charge in [0, 0.05) is 31.3 Å². The minimum absolute atomic E-state index is 0.173. The summed E-state index contributed by atoms with van der Waals surface area (Å²) in [5.74, 6) is 0.471. The minimum atomic E-state index is -0.173. The van der Waals surface area contributed by atoms with E-state index >= 15 is 0 Å². The lowest BCUT2D eigenvalue weighted by Gasteiger charge is -2.29. The second-order valence-corrected chi connectivity index (χ2v) is 5.78. The summed E-state index contributed by atoms with van der Waals surface area (Å²) in [5.41, 5.74) is 3.04. The number of benzene rings is 1. The van der Waals surface area contributed by atoms with Crippen LogP contribution < -0.4 is 5.32 Å². The van der Waals surface area contributed by atoms with Crippen LogP contribution in [0.25, 0.3) is 0 Å². The average molecular weight is 333 g/mol. The summed E-state index contributed by atoms with van der Waals surface area (Å²) in [4.78, 5) is 22.3. The minimum Gasteiger partial charge on any atom is -0.378 e. The number of hydrogen-bond donors (Lipinski definition) is 1. The summed E-state index contributed by atoms with van der Waals surface area (Å²) in [7, 11) is 1.60. The Kier molecular flexibility index (Phi) is 4.73. The van der Waals surface area contributed by atoms with Crippen molar-refractivity contribution < 1.29 is 9.53 Å². The number of ether oxygens (including phenoxy) is 1. The van der Waals surface area contributed by atoms with Crippen molar-refractivity contribution in [3.05, 3.63) is 52.4 Å². The van der Waals surface area contributed by atoms with Gasteiger partial charge in [0.25, 0.3) is 0 Å². The number of methoxy groups -OCH3 is 1. The van der Waals surface area contributed by atoms with Crippen LogP contribution in [0.5, 0.6) is 0 Å². The fraction of sp³-hybridized carbons (Fsp3) is 0.312. The third kappa shape index (κ3) is 3.78. The number of nitrogens with zero attached hydrogens (tertiary/aromatic N) is 3. The van der Waals surface area contributed by atoms with Gasteiger partial charge in [-0.15, -0.1) is 0 Å². The first-order valence-electron chi connectivity index (χ1n) is 7.29. The van der Waals surface area contributed by atoms with Gasteiger partial charge in [-0.25, -0.2) is 14.8 Å². The summed E-state index contributed by atoms with van der Waals surface area (Å²) in [6, 6.07) is 7.32. The third-order valence-electron chi connectivity index (χ3n) is 3.72. The standard InChI is InChI=1S/C16H17ClN4O2/c1-23-9-14-7-15(19-10-18-14)20-16(22)21-5-4-11-6-13(17)3-2-12(11)8-21/h2-3,6-7,10H,4-5,8-9H2,1H3,(H,18,19,20,22). The number of halogens is 1. The van der Waals surface area contributed by atoms with Gasteiger partial charge in [-0.05, 0) is 29.7 Å². The lowest BCUT2D eigenvalue weighted by atomic mass is 10.0. The molecule has 1 N–H and O–H groups in total. The van der Waals surface area contributed by atoms with Crippen LogP contribution in [0.15, 0.2) is 30.6 Å². The van der Waals surface area contributed by atoms with Crippen molar-refractivity contribution >= 4 is 23.4 Å². The number of fused-ring (bicyclic) bond motifs is 1. The van der Waals surface area contributed by atoms with Crippen molar-refractivity contribution in [2.75, 3.05) is 19.0 Å². The van der Waals surface area contributed by atoms with Gasteiger partial charge in [0.1, 0.15) is 12.1 Å². The summed E-state index contributed by atoms with van der Waals surface area (Å²) in [5, 5.41) is 3.54. The van der Waals surface area contributed by atoms with E-state index in [1.165, 1.54) is 11.9 Å². The molecule has 1 aromatic heterocycles. The number of nitrogens with one attached hydrogen (secondary N) is 1. The van der Waals surface area contributed by atoms with Crippen LogP contribution in [0, 0.1) is 0 Å². The zero-order chi connectivity index (χ0) is 16.2. The molecule has 0 atom stereocenters. The maximum absolute atomic E-state index is 12.4. The lowest BCUT2D eigenvalue weighted by Crippen LogP contribution is -2.39. The smallest absolute Gasteiger partial charge is 0.323 e. The van der Waals surface area contributed by atoms with E-state index in [0.717, 1.165) is 22.7 Å². The number of aromatic nitrogens is 2. The SMILES string of the molecule is COCc1cc(NC(=O)N2CCc3cc(Cl)ccc3C2)ncn1. The molecule has 1 aliphatic heterocycles. The van der Waals surface area contributed by atoms with E-state index in [0.29, 0.717) is 25.5 Å². The molecule has 6 nitrogen and oxygen atoms in total. The Hall–Kier alpha value is -2.18. The van der Waals surface area contributed by atoms with Crippen LogP contribution in [0.3, 0.4) is 0 Å². The van der Waals surface area contributed by atoms with Gasteiger partial charge >= 0.3 is 6.03 Å². The fourth-order valence-corrected chi connectivity index (χ4v) is 2.77. The van der Waals surface area contributed by atoms with Crippen molar-refractivity contribution in [2.45, 2.75) is 19.6 Å². The molecule has 0 saturated heterocycles. The average Bonchev–Trinajstić information content (AvgIpc) is 2.55. The topological polar surface area (TPSA) is 67.3 Å². The highest BCUT2D eigenvalue weighted by molar-refractivity contribution is 6.30. The zero-order valence-electron chi connectivity index (χ0n) is 12.8. The van der Waals surface area contributed by atoms with E-state index in [9.17, 15) is 4.79 Å². The van der Waals surface area contributed by atoms with E-state index in [1.807, 2.05) is 18.2 Å². The van der Waals surface area contributed by atoms with Crippen molar-refractivity contribution in [2.24, 2.45) is 0 Å². The molecule has 2 heterocycles. The van der Waals surface area contributed by atoms with Crippen molar-refractivity contribution in [1.82, 2.24) is 14.9 Å². The van der Waals surface area contributed by atoms with Gasteiger partial charge in [-0.3, -0.25) is 5.32 Å². The highest BCUT2D eigenvalue weighted by Crippen LogP contribution is 2.23. The second-order valence-electron chi connectivity index (χ2n) is 5.34. The van der Waals surface area contributed by atoms with Gasteiger partial charge in [0.05, 0.1) is 12.3 Å². The molecule has 0 spiro atoms. The Morgan fingerprint density at radius 2 is 2.22 bits per heavy atom. The first-order valence-corrected chi connectivity index (χ1v) is 7.66. The van der Waals surface area contributed by atoms with E-state index in [-0.39, 0.29) is 6.03 Å². The highest BCUT2D eigenvalue weighted by atomic mass is 35.5. The number of urea groups is 1. The van der Waals surface area contributed by atoms with Gasteiger partial charge in [0.2, 0.25) is 0 Å². The number of carbonyl (C=O) groups is 1. The number of hydrogen-bond acceptors (Lipinski definition) is 4. The molecule has 1 aliphatic rings. The van der Waals surface area contributed by atoms with Crippen LogP contribution in [-0.4, -0.2) is 34.6 Å². The molecule has 2 aromatic rings. The van der Waals surface area contributed by atoms with Gasteiger partial charge in [0.15, 0.2) is 0 Å². The summed E-state index contributed by atoms with van der Waals surface area (Å²) in [6.07, 6.45) is 2.21. The highest BCUT2D eigenvalue weighted by Gasteiger charge is 2.21. The molecule has 1 aromatic carbocycles. The predicted octanol–water partition coefficient (Wildman–Crippen LogP) is 2.87. The Bertz CT molecular complexity index is 723. The van der Waals surface area contributed by atoms with Crippen LogP contribution in [-0.2, 0) is 24.3 Å². The van der Waals surface area contributed by atoms with Crippen LogP contribution >= 0.6 is 11.6 Å². The van der Waals surface area contributed by atoms with E-state index in [4.69, 9.17) is 16.3 Å². The Balaban J connectivity index is 1.67. The number of carbonyl (C=O) groups excluding carboxylic acids is 1. The lowest BCUT2D eigenvalue weighted by molar-refractivity contribution is 0.181. The molecule has 2 amide bonds. The molecule has 3 rings (SSSR count). The van der Waals surface area contributed by atoms with Gasteiger partial charge in [-0.2, -0.15) is 0 Å². The number of amides is 2. The summed E-state index contributed by atoms with van der Waals surface area (Å²) < 4.78 is 5.03. The van der Waals surface area contributed by atoms with Crippen LogP contribution in [0.2, 0.25) is 5.02 Å². The Labute approximate surface area is 139 Å². The number of anilines is 1.